The molecule has 4 nitrogen and oxygen atoms in total. The molecule has 1 heterocycles. The van der Waals surface area contributed by atoms with Gasteiger partial charge in [-0.2, -0.15) is 0 Å². The lowest BCUT2D eigenvalue weighted by molar-refractivity contribution is -0.00521. The zero-order chi connectivity index (χ0) is 16.9. The third kappa shape index (κ3) is 4.64. The summed E-state index contributed by atoms with van der Waals surface area (Å²) in [5.41, 5.74) is 2.54. The second-order valence-corrected chi connectivity index (χ2v) is 7.60. The van der Waals surface area contributed by atoms with Crippen LogP contribution in [0.2, 0.25) is 0 Å². The SMILES string of the molecule is CN[C@H]1CC[C@H](CNc2ccc(N3CC(C)OC(C)C3)cc2)CC1. The monoisotopic (exact) mass is 331 g/mol. The summed E-state index contributed by atoms with van der Waals surface area (Å²) in [7, 11) is 2.08. The van der Waals surface area contributed by atoms with Crippen molar-refractivity contribution in [3.8, 4) is 0 Å². The maximum absolute atomic E-state index is 5.82. The van der Waals surface area contributed by atoms with Gasteiger partial charge < -0.3 is 20.3 Å². The Morgan fingerprint density at radius 2 is 1.62 bits per heavy atom. The van der Waals surface area contributed by atoms with Crippen LogP contribution in [-0.2, 0) is 4.74 Å². The van der Waals surface area contributed by atoms with Crippen molar-refractivity contribution in [3.63, 3.8) is 0 Å². The normalized spacial score (nSPS) is 31.0. The molecule has 2 unspecified atom stereocenters. The molecule has 1 aromatic rings. The molecule has 0 radical (unpaired) electrons. The number of benzene rings is 1. The molecule has 134 valence electrons. The highest BCUT2D eigenvalue weighted by atomic mass is 16.5. The molecule has 2 atom stereocenters. The molecule has 0 amide bonds. The molecule has 1 saturated heterocycles. The minimum absolute atomic E-state index is 0.305. The van der Waals surface area contributed by atoms with E-state index >= 15 is 0 Å². The number of ether oxygens (including phenoxy) is 1. The minimum atomic E-state index is 0.305. The summed E-state index contributed by atoms with van der Waals surface area (Å²) < 4.78 is 5.82. The van der Waals surface area contributed by atoms with Gasteiger partial charge in [0.15, 0.2) is 0 Å². The van der Waals surface area contributed by atoms with Crippen LogP contribution in [0.1, 0.15) is 39.5 Å². The Bertz CT molecular complexity index is 486. The lowest BCUT2D eigenvalue weighted by Gasteiger charge is -2.37. The van der Waals surface area contributed by atoms with Crippen LogP contribution in [0.5, 0.6) is 0 Å². The van der Waals surface area contributed by atoms with Gasteiger partial charge in [0.25, 0.3) is 0 Å². The van der Waals surface area contributed by atoms with Crippen LogP contribution >= 0.6 is 0 Å². The molecule has 24 heavy (non-hydrogen) atoms. The van der Waals surface area contributed by atoms with E-state index in [0.717, 1.165) is 31.6 Å². The average Bonchev–Trinajstić information content (AvgIpc) is 2.60. The van der Waals surface area contributed by atoms with Crippen molar-refractivity contribution in [2.45, 2.75) is 57.8 Å². The Balaban J connectivity index is 1.48. The lowest BCUT2D eigenvalue weighted by atomic mass is 9.86. The summed E-state index contributed by atoms with van der Waals surface area (Å²) >= 11 is 0. The molecule has 2 N–H and O–H groups in total. The second-order valence-electron chi connectivity index (χ2n) is 7.60. The van der Waals surface area contributed by atoms with Gasteiger partial charge in [0.2, 0.25) is 0 Å². The molecule has 1 aliphatic carbocycles. The molecule has 0 aromatic heterocycles. The highest BCUT2D eigenvalue weighted by Gasteiger charge is 2.22. The summed E-state index contributed by atoms with van der Waals surface area (Å²) in [5, 5.41) is 7.04. The Kier molecular flexibility index (Phi) is 6.01. The van der Waals surface area contributed by atoms with Gasteiger partial charge >= 0.3 is 0 Å². The summed E-state index contributed by atoms with van der Waals surface area (Å²) in [6.45, 7) is 7.36. The Hall–Kier alpha value is -1.26. The first-order valence-electron chi connectivity index (χ1n) is 9.55. The van der Waals surface area contributed by atoms with E-state index in [0.29, 0.717) is 12.2 Å². The van der Waals surface area contributed by atoms with Crippen LogP contribution in [-0.4, -0.2) is 44.9 Å². The molecular formula is C20H33N3O. The Morgan fingerprint density at radius 1 is 1.00 bits per heavy atom. The number of rotatable bonds is 5. The highest BCUT2D eigenvalue weighted by Crippen LogP contribution is 2.26. The van der Waals surface area contributed by atoms with E-state index in [1.165, 1.54) is 37.1 Å². The number of nitrogens with zero attached hydrogens (tertiary/aromatic N) is 1. The van der Waals surface area contributed by atoms with Crippen molar-refractivity contribution in [2.24, 2.45) is 5.92 Å². The smallest absolute Gasteiger partial charge is 0.0726 e. The van der Waals surface area contributed by atoms with E-state index in [1.807, 2.05) is 0 Å². The molecule has 2 aliphatic rings. The van der Waals surface area contributed by atoms with Crippen molar-refractivity contribution in [1.29, 1.82) is 0 Å². The molecule has 0 spiro atoms. The molecule has 1 aromatic carbocycles. The zero-order valence-corrected chi connectivity index (χ0v) is 15.4. The number of hydrogen-bond acceptors (Lipinski definition) is 4. The molecule has 3 rings (SSSR count). The summed E-state index contributed by atoms with van der Waals surface area (Å²) in [6, 6.07) is 9.66. The average molecular weight is 332 g/mol. The maximum atomic E-state index is 5.82. The van der Waals surface area contributed by atoms with Crippen LogP contribution in [0, 0.1) is 5.92 Å². The van der Waals surface area contributed by atoms with E-state index < -0.39 is 0 Å². The molecule has 0 bridgehead atoms. The first kappa shape index (κ1) is 17.6. The van der Waals surface area contributed by atoms with E-state index in [4.69, 9.17) is 4.74 Å². The van der Waals surface area contributed by atoms with Gasteiger partial charge in [-0.05, 0) is 76.8 Å². The van der Waals surface area contributed by atoms with Gasteiger partial charge in [-0.3, -0.25) is 0 Å². The highest BCUT2D eigenvalue weighted by molar-refractivity contribution is 5.55. The van der Waals surface area contributed by atoms with Gasteiger partial charge in [0.1, 0.15) is 0 Å². The topological polar surface area (TPSA) is 36.5 Å². The number of nitrogens with one attached hydrogen (secondary N) is 2. The third-order valence-corrected chi connectivity index (χ3v) is 5.50. The fraction of sp³-hybridized carbons (Fsp3) is 0.700. The number of anilines is 2. The van der Waals surface area contributed by atoms with E-state index in [1.54, 1.807) is 0 Å². The Morgan fingerprint density at radius 3 is 2.21 bits per heavy atom. The lowest BCUT2D eigenvalue weighted by Crippen LogP contribution is -2.45. The van der Waals surface area contributed by atoms with Gasteiger partial charge in [0, 0.05) is 37.1 Å². The van der Waals surface area contributed by atoms with Crippen LogP contribution < -0.4 is 15.5 Å². The van der Waals surface area contributed by atoms with Crippen molar-refractivity contribution in [1.82, 2.24) is 5.32 Å². The molecule has 1 aliphatic heterocycles. The molecule has 4 heteroatoms. The van der Waals surface area contributed by atoms with Crippen LogP contribution in [0.4, 0.5) is 11.4 Å². The quantitative estimate of drug-likeness (QED) is 0.866. The van der Waals surface area contributed by atoms with Crippen LogP contribution in [0.25, 0.3) is 0 Å². The van der Waals surface area contributed by atoms with Crippen LogP contribution in [0.3, 0.4) is 0 Å². The van der Waals surface area contributed by atoms with Crippen molar-refractivity contribution in [3.05, 3.63) is 24.3 Å². The van der Waals surface area contributed by atoms with Gasteiger partial charge in [-0.25, -0.2) is 0 Å². The van der Waals surface area contributed by atoms with Gasteiger partial charge in [-0.15, -0.1) is 0 Å². The minimum Gasteiger partial charge on any atom is -0.385 e. The number of morpholine rings is 1. The first-order chi connectivity index (χ1) is 11.6. The largest absolute Gasteiger partial charge is 0.385 e. The van der Waals surface area contributed by atoms with E-state index in [2.05, 4.69) is 60.7 Å². The van der Waals surface area contributed by atoms with Crippen LogP contribution in [0.15, 0.2) is 24.3 Å². The molecule has 2 fully saturated rings. The molecular weight excluding hydrogens is 298 g/mol. The van der Waals surface area contributed by atoms with Crippen molar-refractivity contribution in [2.75, 3.05) is 36.9 Å². The summed E-state index contributed by atoms with van der Waals surface area (Å²) in [6.07, 6.45) is 5.91. The van der Waals surface area contributed by atoms with Gasteiger partial charge in [-0.1, -0.05) is 0 Å². The molecule has 1 saturated carbocycles. The Labute approximate surface area is 147 Å². The predicted molar refractivity (Wildman–Crippen MR) is 102 cm³/mol. The number of hydrogen-bond donors (Lipinski definition) is 2. The summed E-state index contributed by atoms with van der Waals surface area (Å²) in [4.78, 5) is 2.43. The first-order valence-corrected chi connectivity index (χ1v) is 9.55. The van der Waals surface area contributed by atoms with E-state index in [-0.39, 0.29) is 0 Å². The standard InChI is InChI=1S/C20H33N3O/c1-15-13-23(14-16(2)24-15)20-10-8-19(9-11-20)22-12-17-4-6-18(21-3)7-5-17/h8-11,15-18,21-22H,4-7,12-14H2,1-3H3/t15?,16?,17-,18-. The third-order valence-electron chi connectivity index (χ3n) is 5.50. The fourth-order valence-corrected chi connectivity index (χ4v) is 4.10. The van der Waals surface area contributed by atoms with E-state index in [9.17, 15) is 0 Å². The van der Waals surface area contributed by atoms with Crippen molar-refractivity contribution >= 4 is 11.4 Å². The maximum Gasteiger partial charge on any atom is 0.0726 e. The summed E-state index contributed by atoms with van der Waals surface area (Å²) in [5.74, 6) is 0.815. The van der Waals surface area contributed by atoms with Crippen molar-refractivity contribution < 1.29 is 4.74 Å². The fourth-order valence-electron chi connectivity index (χ4n) is 4.10. The van der Waals surface area contributed by atoms with Gasteiger partial charge in [0.05, 0.1) is 12.2 Å². The predicted octanol–water partition coefficient (Wildman–Crippen LogP) is 3.49. The second kappa shape index (κ2) is 8.21. The zero-order valence-electron chi connectivity index (χ0n) is 15.4.